The molecule has 147 valence electrons. The van der Waals surface area contributed by atoms with E-state index in [0.29, 0.717) is 11.5 Å². The maximum absolute atomic E-state index is 13.4. The van der Waals surface area contributed by atoms with E-state index in [4.69, 9.17) is 0 Å². The molecule has 0 atom stereocenters. The van der Waals surface area contributed by atoms with Crippen LogP contribution in [-0.4, -0.2) is 0 Å². The summed E-state index contributed by atoms with van der Waals surface area (Å²) in [6.45, 7) is 2.40. The molecule has 0 nitrogen and oxygen atoms in total. The van der Waals surface area contributed by atoms with Gasteiger partial charge in [0.1, 0.15) is 0 Å². The van der Waals surface area contributed by atoms with Crippen LogP contribution in [0.25, 0.3) is 11.1 Å². The van der Waals surface area contributed by atoms with Crippen LogP contribution in [-0.2, 0) is 32.7 Å². The van der Waals surface area contributed by atoms with Crippen LogP contribution in [0, 0.1) is 35.5 Å². The van der Waals surface area contributed by atoms with Gasteiger partial charge in [0.05, 0.1) is 0 Å². The molecule has 0 saturated heterocycles. The average Bonchev–Trinajstić information content (AvgIpc) is 2.68. The van der Waals surface area contributed by atoms with E-state index in [2.05, 4.69) is 19.1 Å². The zero-order chi connectivity index (χ0) is 18.8. The molecule has 0 spiro atoms. The van der Waals surface area contributed by atoms with Gasteiger partial charge in [-0.1, -0.05) is 44.0 Å². The first-order chi connectivity index (χ1) is 13.1. The fraction of sp³-hybridized carbons (Fsp3) is 0.520. The molecule has 0 unspecified atom stereocenters. The molecule has 2 saturated carbocycles. The summed E-state index contributed by atoms with van der Waals surface area (Å²) < 4.78 is 26.8. The van der Waals surface area contributed by atoms with E-state index in [1.54, 1.807) is 0 Å². The molecule has 0 amide bonds. The van der Waals surface area contributed by atoms with Crippen LogP contribution in [0.5, 0.6) is 0 Å². The molecule has 0 bridgehead atoms. The Morgan fingerprint density at radius 2 is 1.21 bits per heavy atom. The van der Waals surface area contributed by atoms with E-state index in [1.807, 2.05) is 18.2 Å². The Hall–Kier alpha value is -0.596. The zero-order valence-electron chi connectivity index (χ0n) is 16.8. The first-order valence-electron chi connectivity index (χ1n) is 10.6. The quantitative estimate of drug-likeness (QED) is 0.419. The number of benzene rings is 2. The third kappa shape index (κ3) is 5.30. The minimum Gasteiger partial charge on any atom is -0.236 e. The van der Waals surface area contributed by atoms with E-state index < -0.39 is 11.6 Å². The molecule has 2 aliphatic carbocycles. The second kappa shape index (κ2) is 9.94. The largest absolute Gasteiger partial charge is 0.236 e. The Morgan fingerprint density at radius 3 is 1.75 bits per heavy atom. The van der Waals surface area contributed by atoms with Crippen molar-refractivity contribution in [3.8, 4) is 11.1 Å². The van der Waals surface area contributed by atoms with Gasteiger partial charge < -0.3 is 0 Å². The summed E-state index contributed by atoms with van der Waals surface area (Å²) in [4.78, 5) is 0. The molecule has 2 aromatic rings. The summed E-state index contributed by atoms with van der Waals surface area (Å²) >= 11 is 0. The fourth-order valence-corrected chi connectivity index (χ4v) is 5.30. The average molecular weight is 456 g/mol. The van der Waals surface area contributed by atoms with Crippen molar-refractivity contribution in [2.75, 3.05) is 0 Å². The van der Waals surface area contributed by atoms with Crippen molar-refractivity contribution in [2.45, 2.75) is 64.2 Å². The molecule has 4 rings (SSSR count). The Bertz CT molecular complexity index is 734. The van der Waals surface area contributed by atoms with Crippen molar-refractivity contribution in [1.29, 1.82) is 0 Å². The topological polar surface area (TPSA) is 0 Å². The molecule has 28 heavy (non-hydrogen) atoms. The van der Waals surface area contributed by atoms with Gasteiger partial charge in [-0.25, -0.2) is 8.78 Å². The van der Waals surface area contributed by atoms with Gasteiger partial charge in [0.25, 0.3) is 0 Å². The van der Waals surface area contributed by atoms with Gasteiger partial charge in [0.2, 0.25) is 0 Å². The van der Waals surface area contributed by atoms with Crippen molar-refractivity contribution in [3.05, 3.63) is 59.7 Å². The molecule has 0 N–H and O–H groups in total. The summed E-state index contributed by atoms with van der Waals surface area (Å²) in [5.41, 5.74) is 2.80. The molecule has 1 radical (unpaired) electrons. The van der Waals surface area contributed by atoms with Crippen LogP contribution in [0.2, 0.25) is 0 Å². The van der Waals surface area contributed by atoms with Gasteiger partial charge >= 0.3 is 0 Å². The van der Waals surface area contributed by atoms with Crippen LogP contribution in [0.15, 0.2) is 36.4 Å². The number of hydrogen-bond donors (Lipinski definition) is 0. The molecule has 3 heteroatoms. The van der Waals surface area contributed by atoms with Crippen molar-refractivity contribution in [1.82, 2.24) is 0 Å². The second-order valence-corrected chi connectivity index (χ2v) is 8.82. The Morgan fingerprint density at radius 1 is 0.714 bits per heavy atom. The van der Waals surface area contributed by atoms with E-state index >= 15 is 0 Å². The SMILES string of the molecule is CC1CCC(C2CCC(c3ccc(-c4cc(F)[c-]c(F)c4)cc3)CC2)CC1.[Y]. The second-order valence-electron chi connectivity index (χ2n) is 8.82. The minimum atomic E-state index is -0.649. The molecule has 2 fully saturated rings. The Kier molecular flexibility index (Phi) is 7.84. The summed E-state index contributed by atoms with van der Waals surface area (Å²) in [5, 5.41) is 0. The number of rotatable bonds is 3. The van der Waals surface area contributed by atoms with Gasteiger partial charge in [-0.2, -0.15) is 0 Å². The molecule has 2 aliphatic rings. The molecule has 0 aliphatic heterocycles. The summed E-state index contributed by atoms with van der Waals surface area (Å²) in [7, 11) is 0. The number of halogens is 2. The van der Waals surface area contributed by atoms with Crippen molar-refractivity contribution in [2.24, 2.45) is 17.8 Å². The summed E-state index contributed by atoms with van der Waals surface area (Å²) in [6.07, 6.45) is 11.0. The smallest absolute Gasteiger partial charge is 0.0142 e. The first kappa shape index (κ1) is 22.1. The van der Waals surface area contributed by atoms with Crippen LogP contribution in [0.3, 0.4) is 0 Å². The van der Waals surface area contributed by atoms with E-state index in [9.17, 15) is 8.78 Å². The van der Waals surface area contributed by atoms with Crippen molar-refractivity contribution < 1.29 is 41.5 Å². The standard InChI is InChI=1S/C25H29F2.Y/c1-17-2-4-18(5-3-17)19-6-8-20(9-7-19)21-10-12-22(13-11-21)23-14-24(26)16-25(27)15-23;/h10-15,17-20H,2-9H2,1H3;/q-1;. The van der Waals surface area contributed by atoms with Gasteiger partial charge in [-0.05, 0) is 73.3 Å². The van der Waals surface area contributed by atoms with Crippen LogP contribution in [0.1, 0.15) is 69.8 Å². The summed E-state index contributed by atoms with van der Waals surface area (Å²) in [5.74, 6) is 2.16. The fourth-order valence-electron chi connectivity index (χ4n) is 5.30. The molecular weight excluding hydrogens is 427 g/mol. The van der Waals surface area contributed by atoms with E-state index in [-0.39, 0.29) is 32.7 Å². The van der Waals surface area contributed by atoms with E-state index in [0.717, 1.165) is 23.3 Å². The van der Waals surface area contributed by atoms with E-state index in [1.165, 1.54) is 69.1 Å². The monoisotopic (exact) mass is 456 g/mol. The maximum atomic E-state index is 13.4. The third-order valence-corrected chi connectivity index (χ3v) is 7.02. The first-order valence-corrected chi connectivity index (χ1v) is 10.6. The Balaban J connectivity index is 0.00000225. The van der Waals surface area contributed by atoms with Crippen molar-refractivity contribution >= 4 is 0 Å². The Labute approximate surface area is 193 Å². The molecule has 2 aromatic carbocycles. The van der Waals surface area contributed by atoms with Gasteiger partial charge in [-0.15, -0.1) is 23.8 Å². The van der Waals surface area contributed by atoms with Crippen LogP contribution in [0.4, 0.5) is 8.78 Å². The molecule has 0 heterocycles. The minimum absolute atomic E-state index is 0. The third-order valence-electron chi connectivity index (χ3n) is 7.02. The predicted molar refractivity (Wildman–Crippen MR) is 106 cm³/mol. The zero-order valence-corrected chi connectivity index (χ0v) is 19.6. The van der Waals surface area contributed by atoms with Gasteiger partial charge in [-0.3, -0.25) is 0 Å². The van der Waals surface area contributed by atoms with Crippen LogP contribution < -0.4 is 0 Å². The van der Waals surface area contributed by atoms with Crippen LogP contribution >= 0.6 is 0 Å². The summed E-state index contributed by atoms with van der Waals surface area (Å²) in [6, 6.07) is 13.0. The van der Waals surface area contributed by atoms with Crippen molar-refractivity contribution in [3.63, 3.8) is 0 Å². The number of hydrogen-bond acceptors (Lipinski definition) is 0. The normalized spacial score (nSPS) is 27.8. The predicted octanol–water partition coefficient (Wildman–Crippen LogP) is 7.53. The van der Waals surface area contributed by atoms with Gasteiger partial charge in [0, 0.05) is 44.3 Å². The van der Waals surface area contributed by atoms with Gasteiger partial charge in [0.15, 0.2) is 0 Å². The molecule has 0 aromatic heterocycles. The molecular formula is C25H29F2Y-. The maximum Gasteiger partial charge on any atom is 0.0142 e.